The van der Waals surface area contributed by atoms with Gasteiger partial charge in [0, 0.05) is 17.4 Å². The van der Waals surface area contributed by atoms with Crippen LogP contribution in [0.1, 0.15) is 65.2 Å². The van der Waals surface area contributed by atoms with Crippen LogP contribution in [0.4, 0.5) is 13.2 Å². The summed E-state index contributed by atoms with van der Waals surface area (Å²) < 4.78 is 49.7. The number of hydrogen-bond acceptors (Lipinski definition) is 1. The molecule has 0 amide bonds. The smallest absolute Gasteiger partial charge is 0.161 e. The van der Waals surface area contributed by atoms with Crippen molar-refractivity contribution in [2.45, 2.75) is 71.3 Å². The fourth-order valence-electron chi connectivity index (χ4n) is 5.23. The van der Waals surface area contributed by atoms with E-state index in [1.54, 1.807) is 24.3 Å². The lowest BCUT2D eigenvalue weighted by Crippen LogP contribution is -2.18. The van der Waals surface area contributed by atoms with Crippen LogP contribution in [-0.4, -0.2) is 12.7 Å². The molecule has 0 bridgehead atoms. The lowest BCUT2D eigenvalue weighted by atomic mass is 9.79. The number of ether oxygens (including phenoxy) is 1. The molecule has 4 rings (SSSR count). The summed E-state index contributed by atoms with van der Waals surface area (Å²) in [7, 11) is 0. The summed E-state index contributed by atoms with van der Waals surface area (Å²) in [6.45, 7) is 4.81. The summed E-state index contributed by atoms with van der Waals surface area (Å²) in [4.78, 5) is 0. The van der Waals surface area contributed by atoms with Crippen LogP contribution in [0.2, 0.25) is 0 Å². The molecule has 4 aliphatic rings. The van der Waals surface area contributed by atoms with Gasteiger partial charge in [-0.2, -0.15) is 0 Å². The van der Waals surface area contributed by atoms with Crippen molar-refractivity contribution in [3.05, 3.63) is 107 Å². The maximum atomic E-state index is 15.0. The Hall–Kier alpha value is -2.59. The molecule has 1 fully saturated rings. The summed E-state index contributed by atoms with van der Waals surface area (Å²) >= 11 is 0. The topological polar surface area (TPSA) is 12.5 Å². The first-order chi connectivity index (χ1) is 18.0. The first-order valence-corrected chi connectivity index (χ1v) is 13.8. The SMILES string of the molecule is C/C=C(\C=C/CC1=CCC(C2CO2)C=C1F)/C=C/C1=CCC(C2C=CC(CCCCC)=CC2)C(F)=C1F. The molecule has 1 saturated heterocycles. The molecule has 0 aromatic rings. The van der Waals surface area contributed by atoms with E-state index in [4.69, 9.17) is 4.74 Å². The fraction of sp³-hybridized carbons (Fsp3) is 0.455. The molecule has 0 saturated carbocycles. The van der Waals surface area contributed by atoms with E-state index >= 15 is 4.39 Å². The zero-order chi connectivity index (χ0) is 26.2. The van der Waals surface area contributed by atoms with E-state index in [0.29, 0.717) is 18.4 Å². The molecule has 0 spiro atoms. The van der Waals surface area contributed by atoms with Gasteiger partial charge in [0.2, 0.25) is 0 Å². The van der Waals surface area contributed by atoms with Crippen LogP contribution >= 0.6 is 0 Å². The van der Waals surface area contributed by atoms with Crippen LogP contribution in [0.3, 0.4) is 0 Å². The van der Waals surface area contributed by atoms with Gasteiger partial charge in [0.1, 0.15) is 11.7 Å². The van der Waals surface area contributed by atoms with Crippen molar-refractivity contribution in [3.8, 4) is 0 Å². The Bertz CT molecular complexity index is 1100. The van der Waals surface area contributed by atoms with E-state index in [0.717, 1.165) is 31.4 Å². The molecule has 4 heteroatoms. The number of epoxide rings is 1. The average molecular weight is 509 g/mol. The highest BCUT2D eigenvalue weighted by Crippen LogP contribution is 2.40. The van der Waals surface area contributed by atoms with E-state index in [9.17, 15) is 8.78 Å². The van der Waals surface area contributed by atoms with Gasteiger partial charge in [-0.15, -0.1) is 0 Å². The van der Waals surface area contributed by atoms with Crippen molar-refractivity contribution in [1.29, 1.82) is 0 Å². The van der Waals surface area contributed by atoms with Gasteiger partial charge in [0.25, 0.3) is 0 Å². The van der Waals surface area contributed by atoms with Crippen molar-refractivity contribution in [2.75, 3.05) is 6.61 Å². The average Bonchev–Trinajstić information content (AvgIpc) is 3.75. The Kier molecular flexibility index (Phi) is 9.85. The predicted octanol–water partition coefficient (Wildman–Crippen LogP) is 9.81. The molecular formula is C33H39F3O. The Morgan fingerprint density at radius 3 is 2.51 bits per heavy atom. The second-order valence-electron chi connectivity index (χ2n) is 10.4. The standard InChI is InChI=1S/C33H39F3O/c1-3-5-6-8-24-12-14-25(15-13-24)29-20-19-27(32(35)33(29)36)16-11-23(4-2)9-7-10-26-17-18-28(21-30(26)34)31-22-37-31/h4,7,9,11-14,16-17,19,21,25,28-29,31H,3,5-6,8,10,15,18,20,22H2,1-2H3/b9-7-,16-11+,23-4+. The molecule has 4 unspecified atom stereocenters. The van der Waals surface area contributed by atoms with Gasteiger partial charge in [0.15, 0.2) is 5.83 Å². The zero-order valence-corrected chi connectivity index (χ0v) is 22.1. The number of allylic oxidation sites excluding steroid dienone is 17. The second kappa shape index (κ2) is 13.3. The summed E-state index contributed by atoms with van der Waals surface area (Å²) in [5, 5.41) is 0. The Morgan fingerprint density at radius 2 is 1.84 bits per heavy atom. The molecule has 0 aromatic carbocycles. The van der Waals surface area contributed by atoms with E-state index in [-0.39, 0.29) is 29.3 Å². The van der Waals surface area contributed by atoms with Crippen molar-refractivity contribution in [1.82, 2.24) is 0 Å². The third kappa shape index (κ3) is 7.47. The van der Waals surface area contributed by atoms with Gasteiger partial charge >= 0.3 is 0 Å². The molecule has 0 N–H and O–H groups in total. The van der Waals surface area contributed by atoms with Crippen molar-refractivity contribution < 1.29 is 17.9 Å². The first kappa shape index (κ1) is 27.4. The van der Waals surface area contributed by atoms with Crippen LogP contribution in [0.25, 0.3) is 0 Å². The lowest BCUT2D eigenvalue weighted by Gasteiger charge is -2.27. The quantitative estimate of drug-likeness (QED) is 0.154. The third-order valence-electron chi connectivity index (χ3n) is 7.75. The zero-order valence-electron chi connectivity index (χ0n) is 22.1. The van der Waals surface area contributed by atoms with E-state index in [1.807, 2.05) is 31.2 Å². The third-order valence-corrected chi connectivity index (χ3v) is 7.75. The molecule has 0 radical (unpaired) electrons. The Balaban J connectivity index is 1.29. The fourth-order valence-corrected chi connectivity index (χ4v) is 5.23. The van der Waals surface area contributed by atoms with Crippen molar-refractivity contribution >= 4 is 0 Å². The first-order valence-electron chi connectivity index (χ1n) is 13.8. The molecule has 3 aliphatic carbocycles. The highest BCUT2D eigenvalue weighted by Gasteiger charge is 2.33. The van der Waals surface area contributed by atoms with Gasteiger partial charge in [-0.25, -0.2) is 13.2 Å². The molecule has 1 heterocycles. The largest absolute Gasteiger partial charge is 0.372 e. The normalized spacial score (nSPS) is 28.5. The summed E-state index contributed by atoms with van der Waals surface area (Å²) in [6.07, 6.45) is 28.3. The maximum Gasteiger partial charge on any atom is 0.161 e. The summed E-state index contributed by atoms with van der Waals surface area (Å²) in [5.74, 6) is -1.88. The molecular weight excluding hydrogens is 469 g/mol. The Labute approximate surface area is 220 Å². The number of hydrogen-bond donors (Lipinski definition) is 0. The molecule has 1 aliphatic heterocycles. The van der Waals surface area contributed by atoms with E-state index in [1.165, 1.54) is 24.8 Å². The minimum absolute atomic E-state index is 0.00731. The number of rotatable bonds is 11. The van der Waals surface area contributed by atoms with Gasteiger partial charge < -0.3 is 4.74 Å². The Morgan fingerprint density at radius 1 is 1.03 bits per heavy atom. The minimum Gasteiger partial charge on any atom is -0.372 e. The minimum atomic E-state index is -0.758. The van der Waals surface area contributed by atoms with Gasteiger partial charge in [0.05, 0.1) is 12.7 Å². The van der Waals surface area contributed by atoms with Crippen LogP contribution in [0, 0.1) is 17.8 Å². The molecule has 1 nitrogen and oxygen atoms in total. The highest BCUT2D eigenvalue weighted by atomic mass is 19.2. The highest BCUT2D eigenvalue weighted by molar-refractivity contribution is 5.45. The van der Waals surface area contributed by atoms with Gasteiger partial charge in [-0.05, 0) is 68.6 Å². The van der Waals surface area contributed by atoms with E-state index < -0.39 is 17.6 Å². The van der Waals surface area contributed by atoms with Crippen molar-refractivity contribution in [3.63, 3.8) is 0 Å². The van der Waals surface area contributed by atoms with Crippen LogP contribution in [-0.2, 0) is 4.74 Å². The summed E-state index contributed by atoms with van der Waals surface area (Å²) in [6, 6.07) is 0. The maximum absolute atomic E-state index is 15.0. The number of unbranched alkanes of at least 4 members (excludes halogenated alkanes) is 2. The lowest BCUT2D eigenvalue weighted by molar-refractivity contribution is 0.349. The summed E-state index contributed by atoms with van der Waals surface area (Å²) in [5.41, 5.74) is 3.14. The molecule has 0 aromatic heterocycles. The monoisotopic (exact) mass is 508 g/mol. The van der Waals surface area contributed by atoms with Crippen molar-refractivity contribution in [2.24, 2.45) is 17.8 Å². The van der Waals surface area contributed by atoms with Crippen LogP contribution in [0.5, 0.6) is 0 Å². The predicted molar refractivity (Wildman–Crippen MR) is 147 cm³/mol. The molecule has 37 heavy (non-hydrogen) atoms. The molecule has 4 atom stereocenters. The number of halogens is 3. The second-order valence-corrected chi connectivity index (χ2v) is 10.4. The van der Waals surface area contributed by atoms with Crippen LogP contribution < -0.4 is 0 Å². The molecule has 198 valence electrons. The van der Waals surface area contributed by atoms with E-state index in [2.05, 4.69) is 25.2 Å². The van der Waals surface area contributed by atoms with Gasteiger partial charge in [-0.1, -0.05) is 86.1 Å². The van der Waals surface area contributed by atoms with Gasteiger partial charge in [-0.3, -0.25) is 0 Å². The van der Waals surface area contributed by atoms with Crippen LogP contribution in [0.15, 0.2) is 107 Å².